The Balaban J connectivity index is 2.79. The average molecular weight is 219 g/mol. The molecule has 0 unspecified atom stereocenters. The molecule has 0 aliphatic heterocycles. The Morgan fingerprint density at radius 2 is 2.31 bits per heavy atom. The summed E-state index contributed by atoms with van der Waals surface area (Å²) < 4.78 is 0. The zero-order valence-corrected chi connectivity index (χ0v) is 9.32. The number of hydrogen-bond acceptors (Lipinski definition) is 3. The van der Waals surface area contributed by atoms with E-state index in [2.05, 4.69) is 4.98 Å². The third kappa shape index (κ3) is 2.42. The molecule has 1 aromatic rings. The molecule has 13 heavy (non-hydrogen) atoms. The van der Waals surface area contributed by atoms with Gasteiger partial charge in [0.15, 0.2) is 5.01 Å². The average Bonchev–Trinajstić information content (AvgIpc) is 2.49. The minimum Gasteiger partial charge on any atom is -0.337 e. The summed E-state index contributed by atoms with van der Waals surface area (Å²) in [5.41, 5.74) is 0. The van der Waals surface area contributed by atoms with Crippen molar-refractivity contribution >= 4 is 28.8 Å². The molecular formula is C8H11ClN2OS. The van der Waals surface area contributed by atoms with Gasteiger partial charge in [-0.15, -0.1) is 11.3 Å². The summed E-state index contributed by atoms with van der Waals surface area (Å²) in [6.45, 7) is 3.90. The van der Waals surface area contributed by atoms with E-state index in [-0.39, 0.29) is 11.9 Å². The van der Waals surface area contributed by atoms with E-state index in [1.807, 2.05) is 13.8 Å². The molecule has 0 saturated carbocycles. The quantitative estimate of drug-likeness (QED) is 0.763. The van der Waals surface area contributed by atoms with Gasteiger partial charge in [0.1, 0.15) is 5.15 Å². The maximum absolute atomic E-state index is 11.6. The van der Waals surface area contributed by atoms with Crippen LogP contribution >= 0.6 is 22.9 Å². The number of rotatable bonds is 2. The van der Waals surface area contributed by atoms with Gasteiger partial charge in [0.05, 0.1) is 0 Å². The molecule has 0 atom stereocenters. The van der Waals surface area contributed by atoms with Gasteiger partial charge in [-0.25, -0.2) is 4.98 Å². The summed E-state index contributed by atoms with van der Waals surface area (Å²) in [7, 11) is 1.75. The number of thiazole rings is 1. The van der Waals surface area contributed by atoms with Crippen LogP contribution in [0.4, 0.5) is 0 Å². The highest BCUT2D eigenvalue weighted by atomic mass is 35.5. The molecule has 0 N–H and O–H groups in total. The van der Waals surface area contributed by atoms with Crippen LogP contribution in [0.3, 0.4) is 0 Å². The van der Waals surface area contributed by atoms with Crippen molar-refractivity contribution in [2.24, 2.45) is 0 Å². The molecule has 0 aromatic carbocycles. The highest BCUT2D eigenvalue weighted by Gasteiger charge is 2.17. The van der Waals surface area contributed by atoms with Crippen molar-refractivity contribution in [3.63, 3.8) is 0 Å². The van der Waals surface area contributed by atoms with E-state index >= 15 is 0 Å². The first-order chi connectivity index (χ1) is 6.02. The third-order valence-electron chi connectivity index (χ3n) is 1.75. The monoisotopic (exact) mass is 218 g/mol. The summed E-state index contributed by atoms with van der Waals surface area (Å²) in [6, 6.07) is 0.176. The summed E-state index contributed by atoms with van der Waals surface area (Å²) in [6.07, 6.45) is 0. The van der Waals surface area contributed by atoms with Crippen molar-refractivity contribution in [3.8, 4) is 0 Å². The zero-order valence-electron chi connectivity index (χ0n) is 7.74. The Kier molecular flexibility index (Phi) is 3.27. The van der Waals surface area contributed by atoms with Crippen LogP contribution in [-0.4, -0.2) is 28.9 Å². The number of nitrogens with zero attached hydrogens (tertiary/aromatic N) is 2. The molecule has 1 amide bonds. The Labute approximate surface area is 86.3 Å². The molecule has 1 rings (SSSR count). The minimum atomic E-state index is -0.0769. The number of halogens is 1. The lowest BCUT2D eigenvalue weighted by Crippen LogP contribution is -2.32. The zero-order chi connectivity index (χ0) is 10.0. The second-order valence-electron chi connectivity index (χ2n) is 2.99. The van der Waals surface area contributed by atoms with Gasteiger partial charge in [-0.05, 0) is 13.8 Å². The van der Waals surface area contributed by atoms with Crippen LogP contribution in [0.5, 0.6) is 0 Å². The first-order valence-electron chi connectivity index (χ1n) is 3.90. The maximum Gasteiger partial charge on any atom is 0.282 e. The summed E-state index contributed by atoms with van der Waals surface area (Å²) in [4.78, 5) is 17.2. The van der Waals surface area contributed by atoms with Gasteiger partial charge in [-0.1, -0.05) is 11.6 Å². The number of carbonyl (C=O) groups excluding carboxylic acids is 1. The fourth-order valence-corrected chi connectivity index (χ4v) is 1.66. The fourth-order valence-electron chi connectivity index (χ4n) is 0.738. The Hall–Kier alpha value is -0.610. The predicted octanol–water partition coefficient (Wildman–Crippen LogP) is 2.28. The minimum absolute atomic E-state index is 0.0769. The number of aromatic nitrogens is 1. The van der Waals surface area contributed by atoms with E-state index in [0.717, 1.165) is 0 Å². The van der Waals surface area contributed by atoms with Crippen LogP contribution in [-0.2, 0) is 0 Å². The van der Waals surface area contributed by atoms with Crippen LogP contribution in [0.1, 0.15) is 23.6 Å². The SMILES string of the molecule is CC(C)N(C)C(=O)c1nc(Cl)cs1. The van der Waals surface area contributed by atoms with Crippen molar-refractivity contribution in [3.05, 3.63) is 15.5 Å². The molecule has 1 heterocycles. The van der Waals surface area contributed by atoms with E-state index < -0.39 is 0 Å². The van der Waals surface area contributed by atoms with Gasteiger partial charge in [0.25, 0.3) is 5.91 Å². The Morgan fingerprint density at radius 1 is 1.69 bits per heavy atom. The molecule has 72 valence electrons. The van der Waals surface area contributed by atoms with Gasteiger partial charge in [-0.3, -0.25) is 4.79 Å². The van der Waals surface area contributed by atoms with E-state index in [4.69, 9.17) is 11.6 Å². The third-order valence-corrected chi connectivity index (χ3v) is 2.91. The van der Waals surface area contributed by atoms with E-state index in [1.54, 1.807) is 17.3 Å². The molecule has 0 fully saturated rings. The fraction of sp³-hybridized carbons (Fsp3) is 0.500. The van der Waals surface area contributed by atoms with Crippen molar-refractivity contribution in [1.29, 1.82) is 0 Å². The molecule has 0 aliphatic carbocycles. The lowest BCUT2D eigenvalue weighted by atomic mass is 10.3. The van der Waals surface area contributed by atoms with E-state index in [0.29, 0.717) is 10.2 Å². The lowest BCUT2D eigenvalue weighted by Gasteiger charge is -2.19. The molecule has 0 saturated heterocycles. The standard InChI is InChI=1S/C8H11ClN2OS/c1-5(2)11(3)8(12)7-10-6(9)4-13-7/h4-5H,1-3H3. The summed E-state index contributed by atoms with van der Waals surface area (Å²) in [5, 5.41) is 2.48. The molecular weight excluding hydrogens is 208 g/mol. The molecule has 3 nitrogen and oxygen atoms in total. The van der Waals surface area contributed by atoms with Crippen LogP contribution in [0.15, 0.2) is 5.38 Å². The largest absolute Gasteiger partial charge is 0.337 e. The van der Waals surface area contributed by atoms with Crippen LogP contribution < -0.4 is 0 Å². The maximum atomic E-state index is 11.6. The predicted molar refractivity (Wildman–Crippen MR) is 54.4 cm³/mol. The second-order valence-corrected chi connectivity index (χ2v) is 4.23. The van der Waals surface area contributed by atoms with Crippen LogP contribution in [0.2, 0.25) is 5.15 Å². The highest BCUT2D eigenvalue weighted by molar-refractivity contribution is 7.12. The van der Waals surface area contributed by atoms with Gasteiger partial charge in [-0.2, -0.15) is 0 Å². The smallest absolute Gasteiger partial charge is 0.282 e. The van der Waals surface area contributed by atoms with Crippen molar-refractivity contribution in [1.82, 2.24) is 9.88 Å². The number of amides is 1. The number of carbonyl (C=O) groups is 1. The molecule has 1 aromatic heterocycles. The van der Waals surface area contributed by atoms with E-state index in [1.165, 1.54) is 11.3 Å². The normalized spacial score (nSPS) is 10.5. The summed E-state index contributed by atoms with van der Waals surface area (Å²) >= 11 is 6.89. The van der Waals surface area contributed by atoms with Gasteiger partial charge >= 0.3 is 0 Å². The molecule has 0 radical (unpaired) electrons. The topological polar surface area (TPSA) is 33.2 Å². The Bertz CT molecular complexity index is 311. The molecule has 5 heteroatoms. The molecule has 0 aliphatic rings. The summed E-state index contributed by atoms with van der Waals surface area (Å²) in [5.74, 6) is -0.0769. The van der Waals surface area contributed by atoms with Gasteiger partial charge < -0.3 is 4.90 Å². The number of hydrogen-bond donors (Lipinski definition) is 0. The highest BCUT2D eigenvalue weighted by Crippen LogP contribution is 2.16. The first-order valence-corrected chi connectivity index (χ1v) is 5.16. The van der Waals surface area contributed by atoms with Gasteiger partial charge in [0, 0.05) is 18.5 Å². The van der Waals surface area contributed by atoms with Crippen molar-refractivity contribution in [2.45, 2.75) is 19.9 Å². The van der Waals surface area contributed by atoms with Crippen molar-refractivity contribution in [2.75, 3.05) is 7.05 Å². The lowest BCUT2D eigenvalue weighted by molar-refractivity contribution is 0.0754. The van der Waals surface area contributed by atoms with Crippen LogP contribution in [0.25, 0.3) is 0 Å². The van der Waals surface area contributed by atoms with E-state index in [9.17, 15) is 4.79 Å². The Morgan fingerprint density at radius 3 is 2.69 bits per heavy atom. The molecule has 0 bridgehead atoms. The van der Waals surface area contributed by atoms with Crippen LogP contribution in [0, 0.1) is 0 Å². The van der Waals surface area contributed by atoms with Crippen molar-refractivity contribution < 1.29 is 4.79 Å². The molecule has 0 spiro atoms. The first kappa shape index (κ1) is 10.5. The van der Waals surface area contributed by atoms with Gasteiger partial charge in [0.2, 0.25) is 0 Å². The second kappa shape index (κ2) is 4.07.